The Morgan fingerprint density at radius 1 is 1.27 bits per heavy atom. The van der Waals surface area contributed by atoms with E-state index in [1.807, 2.05) is 4.90 Å². The normalized spacial score (nSPS) is 14.0. The van der Waals surface area contributed by atoms with Gasteiger partial charge in [-0.05, 0) is 24.3 Å². The molecule has 2 heterocycles. The Morgan fingerprint density at radius 2 is 2.04 bits per heavy atom. The van der Waals surface area contributed by atoms with E-state index in [1.165, 1.54) is 31.4 Å². The van der Waals surface area contributed by atoms with Gasteiger partial charge < -0.3 is 19.7 Å². The Balaban J connectivity index is 1.74. The summed E-state index contributed by atoms with van der Waals surface area (Å²) in [6, 6.07) is 7.39. The lowest BCUT2D eigenvalue weighted by atomic mass is 10.2. The van der Waals surface area contributed by atoms with E-state index in [1.54, 1.807) is 6.07 Å². The first kappa shape index (κ1) is 17.5. The van der Waals surface area contributed by atoms with E-state index in [9.17, 15) is 14.9 Å². The van der Waals surface area contributed by atoms with Gasteiger partial charge in [0.25, 0.3) is 11.6 Å². The molecule has 0 atom stereocenters. The Morgan fingerprint density at radius 3 is 2.65 bits per heavy atom. The molecule has 0 unspecified atom stereocenters. The molecular formula is C16H17N5O5. The zero-order valence-electron chi connectivity index (χ0n) is 14.0. The highest BCUT2D eigenvalue weighted by Gasteiger charge is 2.19. The number of morpholine rings is 1. The fourth-order valence-corrected chi connectivity index (χ4v) is 2.49. The van der Waals surface area contributed by atoms with Crippen molar-refractivity contribution in [1.29, 1.82) is 0 Å². The SMILES string of the molecule is COc1ccc(NC(=O)c2ccc(N3CCOCC3)nn2)c([N+](=O)[O-])c1. The fourth-order valence-electron chi connectivity index (χ4n) is 2.49. The Bertz CT molecular complexity index is 805. The molecule has 0 saturated carbocycles. The van der Waals surface area contributed by atoms with Gasteiger partial charge in [0.1, 0.15) is 11.4 Å². The standard InChI is InChI=1S/C16H17N5O5/c1-25-11-2-3-12(14(10-11)21(23)24)17-16(22)13-4-5-15(19-18-13)20-6-8-26-9-7-20/h2-5,10H,6-9H2,1H3,(H,17,22). The van der Waals surface area contributed by atoms with Crippen molar-refractivity contribution in [2.45, 2.75) is 0 Å². The smallest absolute Gasteiger partial charge is 0.296 e. The van der Waals surface area contributed by atoms with Crippen LogP contribution in [0.2, 0.25) is 0 Å². The van der Waals surface area contributed by atoms with Crippen LogP contribution in [0.4, 0.5) is 17.2 Å². The zero-order valence-corrected chi connectivity index (χ0v) is 14.0. The van der Waals surface area contributed by atoms with Gasteiger partial charge >= 0.3 is 0 Å². The van der Waals surface area contributed by atoms with Crippen LogP contribution in [0.15, 0.2) is 30.3 Å². The number of nitro groups is 1. The van der Waals surface area contributed by atoms with Crippen LogP contribution >= 0.6 is 0 Å². The molecule has 2 aromatic rings. The number of carbonyl (C=O) groups excluding carboxylic acids is 1. The Kier molecular flexibility index (Phi) is 5.23. The van der Waals surface area contributed by atoms with Gasteiger partial charge in [0.05, 0.1) is 31.3 Å². The first-order valence-electron chi connectivity index (χ1n) is 7.88. The molecule has 10 nitrogen and oxygen atoms in total. The maximum atomic E-state index is 12.3. The van der Waals surface area contributed by atoms with Gasteiger partial charge in [-0.3, -0.25) is 14.9 Å². The lowest BCUT2D eigenvalue weighted by Crippen LogP contribution is -2.37. The summed E-state index contributed by atoms with van der Waals surface area (Å²) in [6.07, 6.45) is 0. The molecule has 26 heavy (non-hydrogen) atoms. The van der Waals surface area contributed by atoms with Gasteiger partial charge in [0.2, 0.25) is 0 Å². The number of hydrogen-bond acceptors (Lipinski definition) is 8. The van der Waals surface area contributed by atoms with Crippen molar-refractivity contribution in [3.63, 3.8) is 0 Å². The summed E-state index contributed by atoms with van der Waals surface area (Å²) in [5.41, 5.74) is -0.150. The summed E-state index contributed by atoms with van der Waals surface area (Å²) in [4.78, 5) is 24.9. The van der Waals surface area contributed by atoms with Crippen molar-refractivity contribution in [1.82, 2.24) is 10.2 Å². The third kappa shape index (κ3) is 3.86. The lowest BCUT2D eigenvalue weighted by molar-refractivity contribution is -0.384. The molecule has 136 valence electrons. The molecule has 1 aliphatic heterocycles. The summed E-state index contributed by atoms with van der Waals surface area (Å²) in [5, 5.41) is 21.6. The predicted molar refractivity (Wildman–Crippen MR) is 92.7 cm³/mol. The molecule has 0 aliphatic carbocycles. The number of carbonyl (C=O) groups is 1. The van der Waals surface area contributed by atoms with E-state index >= 15 is 0 Å². The molecule has 0 spiro atoms. The van der Waals surface area contributed by atoms with Crippen LogP contribution in [0.25, 0.3) is 0 Å². The van der Waals surface area contributed by atoms with Crippen LogP contribution in [0.1, 0.15) is 10.5 Å². The van der Waals surface area contributed by atoms with Crippen LogP contribution in [-0.2, 0) is 4.74 Å². The first-order chi connectivity index (χ1) is 12.6. The average Bonchev–Trinajstić information content (AvgIpc) is 2.69. The third-order valence-electron chi connectivity index (χ3n) is 3.87. The fraction of sp³-hybridized carbons (Fsp3) is 0.312. The Hall–Kier alpha value is -3.27. The Labute approximate surface area is 148 Å². The quantitative estimate of drug-likeness (QED) is 0.630. The van der Waals surface area contributed by atoms with E-state index in [-0.39, 0.29) is 17.1 Å². The lowest BCUT2D eigenvalue weighted by Gasteiger charge is -2.27. The average molecular weight is 359 g/mol. The van der Waals surface area contributed by atoms with Crippen LogP contribution < -0.4 is 15.0 Å². The maximum absolute atomic E-state index is 12.3. The molecule has 0 bridgehead atoms. The van der Waals surface area contributed by atoms with Gasteiger partial charge in [-0.25, -0.2) is 0 Å². The molecule has 1 aromatic heterocycles. The number of hydrogen-bond donors (Lipinski definition) is 1. The minimum Gasteiger partial charge on any atom is -0.496 e. The summed E-state index contributed by atoms with van der Waals surface area (Å²) in [7, 11) is 1.41. The molecule has 1 N–H and O–H groups in total. The highest BCUT2D eigenvalue weighted by Crippen LogP contribution is 2.29. The molecule has 1 aliphatic rings. The summed E-state index contributed by atoms with van der Waals surface area (Å²) < 4.78 is 10.2. The van der Waals surface area contributed by atoms with Gasteiger partial charge in [0, 0.05) is 13.1 Å². The number of methoxy groups -OCH3 is 1. The number of benzene rings is 1. The minimum atomic E-state index is -0.592. The second kappa shape index (κ2) is 7.74. The largest absolute Gasteiger partial charge is 0.496 e. The first-order valence-corrected chi connectivity index (χ1v) is 7.88. The van der Waals surface area contributed by atoms with Crippen LogP contribution in [0, 0.1) is 10.1 Å². The number of anilines is 2. The van der Waals surface area contributed by atoms with Crippen molar-refractivity contribution in [2.24, 2.45) is 0 Å². The van der Waals surface area contributed by atoms with Gasteiger partial charge in [-0.2, -0.15) is 0 Å². The van der Waals surface area contributed by atoms with Crippen LogP contribution in [0.3, 0.4) is 0 Å². The number of ether oxygens (including phenoxy) is 2. The zero-order chi connectivity index (χ0) is 18.5. The second-order valence-electron chi connectivity index (χ2n) is 5.47. The van der Waals surface area contributed by atoms with E-state index in [0.717, 1.165) is 0 Å². The summed E-state index contributed by atoms with van der Waals surface area (Å²) in [5.74, 6) is 0.393. The van der Waals surface area contributed by atoms with E-state index in [2.05, 4.69) is 15.5 Å². The highest BCUT2D eigenvalue weighted by atomic mass is 16.6. The second-order valence-corrected chi connectivity index (χ2v) is 5.47. The summed E-state index contributed by atoms with van der Waals surface area (Å²) in [6.45, 7) is 2.65. The van der Waals surface area contributed by atoms with Crippen molar-refractivity contribution in [3.8, 4) is 5.75 Å². The van der Waals surface area contributed by atoms with E-state index in [0.29, 0.717) is 37.9 Å². The third-order valence-corrected chi connectivity index (χ3v) is 3.87. The minimum absolute atomic E-state index is 0.0554. The van der Waals surface area contributed by atoms with Gasteiger partial charge in [-0.15, -0.1) is 10.2 Å². The van der Waals surface area contributed by atoms with Crippen LogP contribution in [0.5, 0.6) is 5.75 Å². The van der Waals surface area contributed by atoms with Crippen molar-refractivity contribution >= 4 is 23.1 Å². The van der Waals surface area contributed by atoms with Crippen LogP contribution in [-0.4, -0.2) is 54.4 Å². The monoisotopic (exact) mass is 359 g/mol. The topological polar surface area (TPSA) is 120 Å². The molecule has 1 fully saturated rings. The van der Waals surface area contributed by atoms with Gasteiger partial charge in [-0.1, -0.05) is 0 Å². The van der Waals surface area contributed by atoms with Crippen molar-refractivity contribution in [3.05, 3.63) is 46.1 Å². The van der Waals surface area contributed by atoms with E-state index in [4.69, 9.17) is 9.47 Å². The number of amides is 1. The molecule has 1 amide bonds. The van der Waals surface area contributed by atoms with Crippen molar-refractivity contribution in [2.75, 3.05) is 43.6 Å². The predicted octanol–water partition coefficient (Wildman–Crippen LogP) is 1.48. The van der Waals surface area contributed by atoms with E-state index < -0.39 is 10.8 Å². The molecule has 3 rings (SSSR count). The maximum Gasteiger partial charge on any atom is 0.296 e. The number of rotatable bonds is 5. The molecule has 1 aromatic carbocycles. The molecule has 10 heteroatoms. The molecular weight excluding hydrogens is 342 g/mol. The number of nitro benzene ring substituents is 1. The molecule has 1 saturated heterocycles. The number of nitrogens with zero attached hydrogens (tertiary/aromatic N) is 4. The summed E-state index contributed by atoms with van der Waals surface area (Å²) >= 11 is 0. The number of nitrogens with one attached hydrogen (secondary N) is 1. The van der Waals surface area contributed by atoms with Gasteiger partial charge in [0.15, 0.2) is 11.5 Å². The number of aromatic nitrogens is 2. The van der Waals surface area contributed by atoms with Crippen molar-refractivity contribution < 1.29 is 19.2 Å². The molecule has 0 radical (unpaired) electrons. The highest BCUT2D eigenvalue weighted by molar-refractivity contribution is 6.04.